The number of aliphatic hydroxyl groups is 2. The third-order valence-electron chi connectivity index (χ3n) is 2.63. The summed E-state index contributed by atoms with van der Waals surface area (Å²) in [6, 6.07) is 0. The predicted molar refractivity (Wildman–Crippen MR) is 55.9 cm³/mol. The first-order valence-corrected chi connectivity index (χ1v) is 5.21. The van der Waals surface area contributed by atoms with Gasteiger partial charge >= 0.3 is 5.97 Å². The fourth-order valence-corrected chi connectivity index (χ4v) is 1.57. The molecule has 0 aliphatic carbocycles. The van der Waals surface area contributed by atoms with E-state index in [9.17, 15) is 15.0 Å². The third kappa shape index (κ3) is 3.41. The second kappa shape index (κ2) is 5.09. The fraction of sp³-hybridized carbons (Fsp3) is 0.900. The van der Waals surface area contributed by atoms with E-state index >= 15 is 0 Å². The van der Waals surface area contributed by atoms with Crippen molar-refractivity contribution in [3.05, 3.63) is 0 Å². The molecule has 0 amide bonds. The Labute approximate surface area is 94.5 Å². The minimum atomic E-state index is -1.58. The number of ether oxygens (including phenoxy) is 2. The van der Waals surface area contributed by atoms with Crippen LogP contribution in [0.5, 0.6) is 0 Å². The van der Waals surface area contributed by atoms with Gasteiger partial charge in [-0.2, -0.15) is 0 Å². The van der Waals surface area contributed by atoms with Crippen LogP contribution < -0.4 is 5.32 Å². The Hall–Kier alpha value is -0.690. The minimum Gasteiger partial charge on any atom is -0.467 e. The third-order valence-corrected chi connectivity index (χ3v) is 2.63. The van der Waals surface area contributed by atoms with Crippen LogP contribution in [0.2, 0.25) is 0 Å². The molecule has 3 N–H and O–H groups in total. The van der Waals surface area contributed by atoms with E-state index in [-0.39, 0.29) is 19.7 Å². The van der Waals surface area contributed by atoms with Crippen LogP contribution in [0.1, 0.15) is 13.3 Å². The molecule has 1 aliphatic rings. The van der Waals surface area contributed by atoms with Crippen LogP contribution in [0.3, 0.4) is 0 Å². The van der Waals surface area contributed by atoms with E-state index in [1.54, 1.807) is 0 Å². The maximum atomic E-state index is 11.1. The SMILES string of the molecule is COC(=O)C(C)(O)CNCC1(O)CCOC1. The van der Waals surface area contributed by atoms with Gasteiger partial charge in [-0.15, -0.1) is 0 Å². The monoisotopic (exact) mass is 233 g/mol. The van der Waals surface area contributed by atoms with Crippen molar-refractivity contribution in [3.63, 3.8) is 0 Å². The van der Waals surface area contributed by atoms with Crippen LogP contribution in [0.15, 0.2) is 0 Å². The van der Waals surface area contributed by atoms with Gasteiger partial charge in [-0.1, -0.05) is 0 Å². The summed E-state index contributed by atoms with van der Waals surface area (Å²) < 4.78 is 9.51. The highest BCUT2D eigenvalue weighted by Crippen LogP contribution is 2.17. The first-order chi connectivity index (χ1) is 7.40. The van der Waals surface area contributed by atoms with E-state index in [1.165, 1.54) is 14.0 Å². The largest absolute Gasteiger partial charge is 0.467 e. The molecule has 2 atom stereocenters. The maximum absolute atomic E-state index is 11.1. The summed E-state index contributed by atoms with van der Waals surface area (Å²) in [6.07, 6.45) is 0.556. The highest BCUT2D eigenvalue weighted by atomic mass is 16.5. The number of nitrogens with one attached hydrogen (secondary N) is 1. The molecule has 1 aliphatic heterocycles. The molecule has 6 heteroatoms. The number of carbonyl (C=O) groups is 1. The van der Waals surface area contributed by atoms with E-state index in [4.69, 9.17) is 4.74 Å². The van der Waals surface area contributed by atoms with Crippen LogP contribution in [-0.4, -0.2) is 60.8 Å². The van der Waals surface area contributed by atoms with Crippen molar-refractivity contribution < 1.29 is 24.5 Å². The van der Waals surface area contributed by atoms with Gasteiger partial charge in [-0.05, 0) is 6.92 Å². The summed E-state index contributed by atoms with van der Waals surface area (Å²) in [4.78, 5) is 11.1. The van der Waals surface area contributed by atoms with Crippen molar-refractivity contribution in [2.24, 2.45) is 0 Å². The van der Waals surface area contributed by atoms with E-state index < -0.39 is 17.2 Å². The maximum Gasteiger partial charge on any atom is 0.338 e. The average Bonchev–Trinajstić information content (AvgIpc) is 2.63. The van der Waals surface area contributed by atoms with Gasteiger partial charge in [0.05, 0.1) is 13.7 Å². The van der Waals surface area contributed by atoms with Gasteiger partial charge in [0.25, 0.3) is 0 Å². The Morgan fingerprint density at radius 2 is 2.38 bits per heavy atom. The second-order valence-electron chi connectivity index (χ2n) is 4.40. The number of esters is 1. The van der Waals surface area contributed by atoms with Crippen LogP contribution >= 0.6 is 0 Å². The van der Waals surface area contributed by atoms with Crippen molar-refractivity contribution in [2.45, 2.75) is 24.5 Å². The average molecular weight is 233 g/mol. The highest BCUT2D eigenvalue weighted by Gasteiger charge is 2.35. The fourth-order valence-electron chi connectivity index (χ4n) is 1.57. The standard InChI is InChI=1S/C10H19NO5/c1-9(13,8(12)15-2)5-11-6-10(14)3-4-16-7-10/h11,13-14H,3-7H2,1-2H3. The quantitative estimate of drug-likeness (QED) is 0.509. The lowest BCUT2D eigenvalue weighted by Crippen LogP contribution is -2.50. The predicted octanol–water partition coefficient (Wildman–Crippen LogP) is -1.35. The van der Waals surface area contributed by atoms with Crippen molar-refractivity contribution in [3.8, 4) is 0 Å². The van der Waals surface area contributed by atoms with E-state index in [2.05, 4.69) is 10.1 Å². The molecule has 0 spiro atoms. The lowest BCUT2D eigenvalue weighted by atomic mass is 10.0. The van der Waals surface area contributed by atoms with Crippen LogP contribution in [0.4, 0.5) is 0 Å². The zero-order valence-corrected chi connectivity index (χ0v) is 9.65. The number of methoxy groups -OCH3 is 1. The molecule has 94 valence electrons. The molecule has 0 saturated carbocycles. The summed E-state index contributed by atoms with van der Waals surface area (Å²) in [6.45, 7) is 2.48. The van der Waals surface area contributed by atoms with E-state index in [0.29, 0.717) is 13.0 Å². The van der Waals surface area contributed by atoms with E-state index in [1.807, 2.05) is 0 Å². The molecule has 1 fully saturated rings. The lowest BCUT2D eigenvalue weighted by molar-refractivity contribution is -0.160. The molecule has 0 aromatic rings. The topological polar surface area (TPSA) is 88.0 Å². The van der Waals surface area contributed by atoms with Crippen molar-refractivity contribution in [2.75, 3.05) is 33.4 Å². The molecule has 6 nitrogen and oxygen atoms in total. The van der Waals surface area contributed by atoms with Gasteiger partial charge in [0.1, 0.15) is 5.60 Å². The highest BCUT2D eigenvalue weighted by molar-refractivity contribution is 5.78. The molecule has 1 heterocycles. The summed E-state index contributed by atoms with van der Waals surface area (Å²) in [5.41, 5.74) is -2.48. The molecule has 0 aromatic heterocycles. The number of rotatable bonds is 5. The lowest BCUT2D eigenvalue weighted by Gasteiger charge is -2.25. The number of hydrogen-bond donors (Lipinski definition) is 3. The van der Waals surface area contributed by atoms with Crippen LogP contribution in [0.25, 0.3) is 0 Å². The Bertz CT molecular complexity index is 248. The van der Waals surface area contributed by atoms with Gasteiger partial charge in [-0.25, -0.2) is 4.79 Å². The summed E-state index contributed by atoms with van der Waals surface area (Å²) in [5.74, 6) is -0.699. The minimum absolute atomic E-state index is 0.0297. The Morgan fingerprint density at radius 3 is 2.88 bits per heavy atom. The Balaban J connectivity index is 2.31. The van der Waals surface area contributed by atoms with Crippen molar-refractivity contribution in [1.82, 2.24) is 5.32 Å². The van der Waals surface area contributed by atoms with Crippen molar-refractivity contribution >= 4 is 5.97 Å². The molecule has 16 heavy (non-hydrogen) atoms. The molecule has 1 rings (SSSR count). The summed E-state index contributed by atoms with van der Waals surface area (Å²) in [5, 5.41) is 22.4. The first kappa shape index (κ1) is 13.4. The smallest absolute Gasteiger partial charge is 0.338 e. The van der Waals surface area contributed by atoms with Crippen LogP contribution in [-0.2, 0) is 14.3 Å². The number of carbonyl (C=O) groups excluding carboxylic acids is 1. The van der Waals surface area contributed by atoms with Gasteiger partial charge < -0.3 is 25.0 Å². The normalized spacial score (nSPS) is 28.8. The molecular formula is C10H19NO5. The second-order valence-corrected chi connectivity index (χ2v) is 4.40. The van der Waals surface area contributed by atoms with Gasteiger partial charge in [0.15, 0.2) is 5.60 Å². The Kier molecular flexibility index (Phi) is 4.26. The Morgan fingerprint density at radius 1 is 1.69 bits per heavy atom. The van der Waals surface area contributed by atoms with E-state index in [0.717, 1.165) is 0 Å². The summed E-state index contributed by atoms with van der Waals surface area (Å²) >= 11 is 0. The summed E-state index contributed by atoms with van der Waals surface area (Å²) in [7, 11) is 1.22. The molecule has 0 bridgehead atoms. The molecule has 2 unspecified atom stereocenters. The van der Waals surface area contributed by atoms with Gasteiger partial charge in [-0.3, -0.25) is 0 Å². The van der Waals surface area contributed by atoms with Crippen LogP contribution in [0, 0.1) is 0 Å². The first-order valence-electron chi connectivity index (χ1n) is 5.21. The van der Waals surface area contributed by atoms with Gasteiger partial charge in [0.2, 0.25) is 0 Å². The molecular weight excluding hydrogens is 214 g/mol. The molecule has 0 radical (unpaired) electrons. The van der Waals surface area contributed by atoms with Crippen molar-refractivity contribution in [1.29, 1.82) is 0 Å². The zero-order chi connectivity index (χ0) is 12.2. The van der Waals surface area contributed by atoms with Gasteiger partial charge in [0, 0.05) is 26.1 Å². The zero-order valence-electron chi connectivity index (χ0n) is 9.65. The number of hydrogen-bond acceptors (Lipinski definition) is 6. The molecule has 0 aromatic carbocycles. The molecule has 1 saturated heterocycles.